The molecule has 23 heavy (non-hydrogen) atoms. The molecule has 2 aromatic rings. The van der Waals surface area contributed by atoms with Gasteiger partial charge in [0, 0.05) is 12.7 Å². The summed E-state index contributed by atoms with van der Waals surface area (Å²) in [5, 5.41) is -1.09. The number of nitrogens with zero attached hydrogens (tertiary/aromatic N) is 1. The van der Waals surface area contributed by atoms with E-state index < -0.39 is 21.0 Å². The third-order valence-corrected chi connectivity index (χ3v) is 5.86. The van der Waals surface area contributed by atoms with Crippen molar-refractivity contribution in [2.24, 2.45) is 0 Å². The van der Waals surface area contributed by atoms with Gasteiger partial charge in [-0.05, 0) is 31.5 Å². The summed E-state index contributed by atoms with van der Waals surface area (Å²) >= 11 is 0. The fraction of sp³-hybridized carbons (Fsp3) is 0.278. The molecule has 0 heterocycles. The van der Waals surface area contributed by atoms with Crippen molar-refractivity contribution in [2.45, 2.75) is 24.9 Å². The van der Waals surface area contributed by atoms with Crippen LogP contribution in [0.5, 0.6) is 0 Å². The Balaban J connectivity index is 2.15. The van der Waals surface area contributed by atoms with E-state index in [0.29, 0.717) is 11.3 Å². The smallest absolute Gasteiger partial charge is 0.244 e. The molecule has 122 valence electrons. The SMILES string of the molecule is Cc1ccc(CS(=O)(=O)[C@H](C)C(=O)N(C)c2ccccc2)cc1. The molecular formula is C18H21NO3S. The van der Waals surface area contributed by atoms with Crippen molar-refractivity contribution in [1.82, 2.24) is 0 Å². The van der Waals surface area contributed by atoms with Crippen LogP contribution in [-0.2, 0) is 20.4 Å². The number of aryl methyl sites for hydroxylation is 1. The number of carbonyl (C=O) groups is 1. The third kappa shape index (κ3) is 4.20. The molecule has 0 aromatic heterocycles. The summed E-state index contributed by atoms with van der Waals surface area (Å²) in [7, 11) is -1.98. The van der Waals surface area contributed by atoms with E-state index in [1.165, 1.54) is 11.8 Å². The Morgan fingerprint density at radius 3 is 2.17 bits per heavy atom. The lowest BCUT2D eigenvalue weighted by molar-refractivity contribution is -0.117. The molecule has 0 spiro atoms. The standard InChI is InChI=1S/C18H21NO3S/c1-14-9-11-16(12-10-14)13-23(21,22)15(2)18(20)19(3)17-7-5-4-6-8-17/h4-12,15H,13H2,1-3H3/t15-/m1/s1. The van der Waals surface area contributed by atoms with Gasteiger partial charge < -0.3 is 4.90 Å². The van der Waals surface area contributed by atoms with Crippen LogP contribution in [0.2, 0.25) is 0 Å². The van der Waals surface area contributed by atoms with Crippen LogP contribution in [0.4, 0.5) is 5.69 Å². The van der Waals surface area contributed by atoms with Gasteiger partial charge in [0.2, 0.25) is 5.91 Å². The number of amides is 1. The molecule has 4 nitrogen and oxygen atoms in total. The van der Waals surface area contributed by atoms with Gasteiger partial charge in [-0.1, -0.05) is 48.0 Å². The molecule has 1 atom stereocenters. The number of para-hydroxylation sites is 1. The van der Waals surface area contributed by atoms with E-state index in [9.17, 15) is 13.2 Å². The van der Waals surface area contributed by atoms with Gasteiger partial charge in [0.1, 0.15) is 5.25 Å². The Bertz CT molecular complexity index is 768. The van der Waals surface area contributed by atoms with E-state index in [1.54, 1.807) is 31.3 Å². The largest absolute Gasteiger partial charge is 0.314 e. The molecule has 0 bridgehead atoms. The van der Waals surface area contributed by atoms with Crippen LogP contribution in [-0.4, -0.2) is 26.6 Å². The summed E-state index contributed by atoms with van der Waals surface area (Å²) in [6.07, 6.45) is 0. The van der Waals surface area contributed by atoms with E-state index in [1.807, 2.05) is 37.3 Å². The van der Waals surface area contributed by atoms with Crippen LogP contribution in [0.3, 0.4) is 0 Å². The maximum absolute atomic E-state index is 12.5. The topological polar surface area (TPSA) is 54.5 Å². The van der Waals surface area contributed by atoms with E-state index >= 15 is 0 Å². The molecule has 5 heteroatoms. The first-order valence-electron chi connectivity index (χ1n) is 7.41. The van der Waals surface area contributed by atoms with Gasteiger partial charge in [-0.2, -0.15) is 0 Å². The second-order valence-corrected chi connectivity index (χ2v) is 7.99. The van der Waals surface area contributed by atoms with Gasteiger partial charge in [0.15, 0.2) is 9.84 Å². The highest BCUT2D eigenvalue weighted by atomic mass is 32.2. The minimum atomic E-state index is -3.57. The first kappa shape index (κ1) is 17.2. The van der Waals surface area contributed by atoms with Crippen LogP contribution in [0.15, 0.2) is 54.6 Å². The van der Waals surface area contributed by atoms with E-state index in [4.69, 9.17) is 0 Å². The summed E-state index contributed by atoms with van der Waals surface area (Å²) < 4.78 is 25.0. The molecule has 0 N–H and O–H groups in total. The van der Waals surface area contributed by atoms with Crippen molar-refractivity contribution >= 4 is 21.4 Å². The van der Waals surface area contributed by atoms with Gasteiger partial charge in [-0.15, -0.1) is 0 Å². The summed E-state index contributed by atoms with van der Waals surface area (Å²) in [4.78, 5) is 13.9. The summed E-state index contributed by atoms with van der Waals surface area (Å²) in [5.74, 6) is -0.564. The zero-order valence-electron chi connectivity index (χ0n) is 13.6. The van der Waals surface area contributed by atoms with Crippen LogP contribution in [0, 0.1) is 6.92 Å². The quantitative estimate of drug-likeness (QED) is 0.846. The predicted molar refractivity (Wildman–Crippen MR) is 93.1 cm³/mol. The highest BCUT2D eigenvalue weighted by Crippen LogP contribution is 2.18. The van der Waals surface area contributed by atoms with Gasteiger partial charge >= 0.3 is 0 Å². The van der Waals surface area contributed by atoms with Crippen molar-refractivity contribution in [2.75, 3.05) is 11.9 Å². The Morgan fingerprint density at radius 1 is 1.04 bits per heavy atom. The molecular weight excluding hydrogens is 310 g/mol. The van der Waals surface area contributed by atoms with E-state index in [0.717, 1.165) is 5.56 Å². The Morgan fingerprint density at radius 2 is 1.61 bits per heavy atom. The minimum Gasteiger partial charge on any atom is -0.314 e. The number of hydrogen-bond acceptors (Lipinski definition) is 3. The van der Waals surface area contributed by atoms with Gasteiger partial charge in [-0.25, -0.2) is 8.42 Å². The fourth-order valence-electron chi connectivity index (χ4n) is 2.25. The van der Waals surface area contributed by atoms with Gasteiger partial charge in [-0.3, -0.25) is 4.79 Å². The fourth-order valence-corrected chi connectivity index (χ4v) is 3.62. The molecule has 0 radical (unpaired) electrons. The summed E-state index contributed by atoms with van der Waals surface area (Å²) in [6.45, 7) is 3.39. The zero-order chi connectivity index (χ0) is 17.0. The highest BCUT2D eigenvalue weighted by Gasteiger charge is 2.30. The lowest BCUT2D eigenvalue weighted by Crippen LogP contribution is -2.39. The Labute approximate surface area is 137 Å². The Kier molecular flexibility index (Phi) is 5.21. The third-order valence-electron chi connectivity index (χ3n) is 3.85. The van der Waals surface area contributed by atoms with Crippen LogP contribution >= 0.6 is 0 Å². The summed E-state index contributed by atoms with van der Waals surface area (Å²) in [5.41, 5.74) is 2.44. The van der Waals surface area contributed by atoms with Crippen LogP contribution < -0.4 is 4.90 Å². The molecule has 2 aromatic carbocycles. The number of sulfone groups is 1. The molecule has 0 saturated carbocycles. The van der Waals surface area contributed by atoms with E-state index in [-0.39, 0.29) is 5.75 Å². The number of hydrogen-bond donors (Lipinski definition) is 0. The molecule has 0 fully saturated rings. The maximum atomic E-state index is 12.5. The van der Waals surface area contributed by atoms with Crippen LogP contribution in [0.25, 0.3) is 0 Å². The van der Waals surface area contributed by atoms with Crippen molar-refractivity contribution in [3.8, 4) is 0 Å². The lowest BCUT2D eigenvalue weighted by atomic mass is 10.2. The van der Waals surface area contributed by atoms with Crippen molar-refractivity contribution in [3.05, 3.63) is 65.7 Å². The van der Waals surface area contributed by atoms with E-state index in [2.05, 4.69) is 0 Å². The summed E-state index contributed by atoms with van der Waals surface area (Å²) in [6, 6.07) is 16.3. The zero-order valence-corrected chi connectivity index (χ0v) is 14.4. The molecule has 0 aliphatic heterocycles. The predicted octanol–water partition coefficient (Wildman–Crippen LogP) is 2.96. The maximum Gasteiger partial charge on any atom is 0.244 e. The van der Waals surface area contributed by atoms with Crippen molar-refractivity contribution in [1.29, 1.82) is 0 Å². The number of rotatable bonds is 5. The number of carbonyl (C=O) groups excluding carboxylic acids is 1. The van der Waals surface area contributed by atoms with Crippen molar-refractivity contribution < 1.29 is 13.2 Å². The van der Waals surface area contributed by atoms with Gasteiger partial charge in [0.05, 0.1) is 5.75 Å². The average Bonchev–Trinajstić information content (AvgIpc) is 2.55. The number of benzene rings is 2. The van der Waals surface area contributed by atoms with Gasteiger partial charge in [0.25, 0.3) is 0 Å². The second kappa shape index (κ2) is 6.96. The minimum absolute atomic E-state index is 0.136. The van der Waals surface area contributed by atoms with Crippen molar-refractivity contribution in [3.63, 3.8) is 0 Å². The highest BCUT2D eigenvalue weighted by molar-refractivity contribution is 7.92. The molecule has 0 aliphatic carbocycles. The lowest BCUT2D eigenvalue weighted by Gasteiger charge is -2.21. The molecule has 0 saturated heterocycles. The molecule has 0 aliphatic rings. The molecule has 1 amide bonds. The molecule has 0 unspecified atom stereocenters. The first-order chi connectivity index (χ1) is 10.8. The monoisotopic (exact) mass is 331 g/mol. The second-order valence-electron chi connectivity index (χ2n) is 5.67. The normalized spacial score (nSPS) is 12.7. The first-order valence-corrected chi connectivity index (χ1v) is 9.12. The van der Waals surface area contributed by atoms with Crippen LogP contribution in [0.1, 0.15) is 18.1 Å². The molecule has 2 rings (SSSR count). The number of anilines is 1. The average molecular weight is 331 g/mol. The Hall–Kier alpha value is -2.14.